The van der Waals surface area contributed by atoms with Crippen LogP contribution in [0.5, 0.6) is 0 Å². The van der Waals surface area contributed by atoms with Gasteiger partial charge in [-0.1, -0.05) is 0 Å². The third kappa shape index (κ3) is 3.30. The molecule has 4 unspecified atom stereocenters. The zero-order valence-electron chi connectivity index (χ0n) is 10.5. The molecule has 1 fully saturated rings. The molecule has 1 saturated carbocycles. The number of allylic oxidation sites excluding steroid dienone is 8. The summed E-state index contributed by atoms with van der Waals surface area (Å²) in [6.45, 7) is 2.49. The van der Waals surface area contributed by atoms with Crippen molar-refractivity contribution in [3.63, 3.8) is 0 Å². The predicted octanol–water partition coefficient (Wildman–Crippen LogP) is -1.89. The Morgan fingerprint density at radius 2 is 1.89 bits per heavy atom. The van der Waals surface area contributed by atoms with E-state index in [1.54, 1.807) is 0 Å². The van der Waals surface area contributed by atoms with Crippen molar-refractivity contribution in [2.24, 2.45) is 17.8 Å². The molecular formula is C15H18Cl2Zr. The van der Waals surface area contributed by atoms with Crippen molar-refractivity contribution in [1.29, 1.82) is 0 Å². The van der Waals surface area contributed by atoms with Gasteiger partial charge in [-0.25, -0.2) is 0 Å². The molecule has 0 saturated heterocycles. The first-order valence-electron chi connectivity index (χ1n) is 6.32. The molecule has 0 aromatic rings. The van der Waals surface area contributed by atoms with Crippen LogP contribution in [0.2, 0.25) is 3.63 Å². The van der Waals surface area contributed by atoms with Crippen LogP contribution in [-0.4, -0.2) is 0 Å². The molecule has 3 aliphatic rings. The van der Waals surface area contributed by atoms with Gasteiger partial charge in [0.15, 0.2) is 0 Å². The van der Waals surface area contributed by atoms with E-state index in [0.717, 1.165) is 21.4 Å². The maximum atomic E-state index is 2.49. The average Bonchev–Trinajstić information content (AvgIpc) is 2.90. The van der Waals surface area contributed by atoms with Gasteiger partial charge in [0.2, 0.25) is 0 Å². The maximum absolute atomic E-state index is 2.49. The van der Waals surface area contributed by atoms with Crippen molar-refractivity contribution in [1.82, 2.24) is 0 Å². The van der Waals surface area contributed by atoms with Gasteiger partial charge in [-0.05, 0) is 0 Å². The molecule has 0 bridgehead atoms. The number of hydrogen-bond donors (Lipinski definition) is 0. The molecule has 3 heteroatoms. The second-order valence-electron chi connectivity index (χ2n) is 5.18. The molecule has 3 aliphatic carbocycles. The summed E-state index contributed by atoms with van der Waals surface area (Å²) in [6.07, 6.45) is 19.1. The Morgan fingerprint density at radius 3 is 2.56 bits per heavy atom. The van der Waals surface area contributed by atoms with E-state index < -0.39 is 0 Å². The maximum Gasteiger partial charge on any atom is -1.00 e. The summed E-state index contributed by atoms with van der Waals surface area (Å²) >= 11 is -0.305. The summed E-state index contributed by atoms with van der Waals surface area (Å²) in [5.41, 5.74) is 0. The number of rotatable bonds is 2. The normalized spacial score (nSPS) is 35.3. The average molecular weight is 360 g/mol. The SMILES string of the molecule is CC1[CH]([Zr+2][C]2=CC=CC2)CC2C=CC=CC21.[Cl-].[Cl-]. The van der Waals surface area contributed by atoms with Gasteiger partial charge in [-0.3, -0.25) is 0 Å². The summed E-state index contributed by atoms with van der Waals surface area (Å²) in [4.78, 5) is 0. The van der Waals surface area contributed by atoms with Crippen molar-refractivity contribution in [3.05, 3.63) is 45.8 Å². The molecule has 0 aromatic carbocycles. The summed E-state index contributed by atoms with van der Waals surface area (Å²) < 4.78 is 2.88. The van der Waals surface area contributed by atoms with Crippen molar-refractivity contribution in [3.8, 4) is 0 Å². The molecule has 4 atom stereocenters. The first kappa shape index (κ1) is 16.5. The van der Waals surface area contributed by atoms with Crippen LogP contribution in [0.3, 0.4) is 0 Å². The van der Waals surface area contributed by atoms with E-state index in [2.05, 4.69) is 49.5 Å². The Balaban J connectivity index is 0.000000810. The fraction of sp³-hybridized carbons (Fsp3) is 0.467. The first-order chi connectivity index (χ1) is 7.84. The summed E-state index contributed by atoms with van der Waals surface area (Å²) in [6, 6.07) is 0. The van der Waals surface area contributed by atoms with Crippen LogP contribution in [0.15, 0.2) is 45.8 Å². The van der Waals surface area contributed by atoms with E-state index in [1.165, 1.54) is 12.8 Å². The van der Waals surface area contributed by atoms with Gasteiger partial charge in [-0.2, -0.15) is 0 Å². The topological polar surface area (TPSA) is 0 Å². The van der Waals surface area contributed by atoms with Crippen LogP contribution < -0.4 is 24.8 Å². The van der Waals surface area contributed by atoms with Gasteiger partial charge < -0.3 is 24.8 Å². The fourth-order valence-electron chi connectivity index (χ4n) is 3.23. The summed E-state index contributed by atoms with van der Waals surface area (Å²) in [5, 5.41) is 0. The van der Waals surface area contributed by atoms with Gasteiger partial charge in [0, 0.05) is 0 Å². The van der Waals surface area contributed by atoms with Crippen molar-refractivity contribution in [2.45, 2.75) is 23.4 Å². The molecule has 0 aliphatic heterocycles. The minimum atomic E-state index is -0.305. The number of fused-ring (bicyclic) bond motifs is 1. The molecule has 0 aromatic heterocycles. The van der Waals surface area contributed by atoms with Gasteiger partial charge in [0.1, 0.15) is 0 Å². The Hall–Kier alpha value is 0.423. The van der Waals surface area contributed by atoms with Crippen LogP contribution in [0, 0.1) is 17.8 Å². The molecule has 0 N–H and O–H groups in total. The van der Waals surface area contributed by atoms with E-state index in [0.29, 0.717) is 0 Å². The number of halogens is 2. The van der Waals surface area contributed by atoms with Crippen molar-refractivity contribution in [2.75, 3.05) is 0 Å². The first-order valence-corrected chi connectivity index (χ1v) is 8.96. The molecule has 18 heavy (non-hydrogen) atoms. The number of hydrogen-bond acceptors (Lipinski definition) is 0. The third-order valence-corrected chi connectivity index (χ3v) is 8.81. The minimum Gasteiger partial charge on any atom is -1.00 e. The minimum absolute atomic E-state index is 0. The zero-order chi connectivity index (χ0) is 11.0. The van der Waals surface area contributed by atoms with Crippen LogP contribution in [-0.2, 0) is 23.2 Å². The second-order valence-corrected chi connectivity index (χ2v) is 9.29. The Labute approximate surface area is 134 Å². The van der Waals surface area contributed by atoms with Crippen molar-refractivity contribution >= 4 is 0 Å². The standard InChI is InChI=1S/C10H13.C5H5.2ClH.Zr/c1-8-6-7-9-4-2-3-5-10(8)9;1-2-4-5-3-1;;;/h2-6,8-10H,7H2,1H3;1-3H,4H2;2*1H;/q;;;;+2/p-2. The Morgan fingerprint density at radius 1 is 1.11 bits per heavy atom. The van der Waals surface area contributed by atoms with E-state index in [-0.39, 0.29) is 48.0 Å². The van der Waals surface area contributed by atoms with Crippen molar-refractivity contribution < 1.29 is 48.0 Å². The van der Waals surface area contributed by atoms with Gasteiger partial charge in [0.25, 0.3) is 0 Å². The predicted molar refractivity (Wildman–Crippen MR) is 64.6 cm³/mol. The second kappa shape index (κ2) is 7.27. The summed E-state index contributed by atoms with van der Waals surface area (Å²) in [5.74, 6) is 2.64. The molecule has 0 spiro atoms. The Bertz CT molecular complexity index is 395. The van der Waals surface area contributed by atoms with Crippen LogP contribution in [0.1, 0.15) is 19.8 Å². The van der Waals surface area contributed by atoms with E-state index in [9.17, 15) is 0 Å². The molecule has 96 valence electrons. The smallest absolute Gasteiger partial charge is 1.00 e. The van der Waals surface area contributed by atoms with E-state index in [4.69, 9.17) is 0 Å². The molecule has 0 heterocycles. The van der Waals surface area contributed by atoms with Gasteiger partial charge in [0.05, 0.1) is 0 Å². The summed E-state index contributed by atoms with van der Waals surface area (Å²) in [7, 11) is 0. The molecular weight excluding hydrogens is 342 g/mol. The quantitative estimate of drug-likeness (QED) is 0.540. The van der Waals surface area contributed by atoms with Gasteiger partial charge in [-0.15, -0.1) is 0 Å². The van der Waals surface area contributed by atoms with Crippen LogP contribution in [0.4, 0.5) is 0 Å². The van der Waals surface area contributed by atoms with E-state index >= 15 is 0 Å². The third-order valence-electron chi connectivity index (χ3n) is 4.21. The largest absolute Gasteiger partial charge is 1.00 e. The molecule has 0 nitrogen and oxygen atoms in total. The molecule has 0 amide bonds. The molecule has 3 rings (SSSR count). The monoisotopic (exact) mass is 358 g/mol. The zero-order valence-corrected chi connectivity index (χ0v) is 14.5. The fourth-order valence-corrected chi connectivity index (χ4v) is 7.60. The Kier molecular flexibility index (Phi) is 6.66. The van der Waals surface area contributed by atoms with Crippen LogP contribution >= 0.6 is 0 Å². The van der Waals surface area contributed by atoms with Gasteiger partial charge >= 0.3 is 110 Å². The van der Waals surface area contributed by atoms with Crippen LogP contribution in [0.25, 0.3) is 0 Å². The molecule has 0 radical (unpaired) electrons. The van der Waals surface area contributed by atoms with E-state index in [1.807, 2.05) is 3.28 Å².